The summed E-state index contributed by atoms with van der Waals surface area (Å²) in [6, 6.07) is 9.77. The maximum atomic E-state index is 13.8. The molecule has 174 valence electrons. The molecule has 3 heterocycles. The molecule has 1 aromatic carbocycles. The van der Waals surface area contributed by atoms with Crippen molar-refractivity contribution in [3.8, 4) is 0 Å². The molecular formula is C24H26BrF2N5O. The number of hydrogen-bond donors (Lipinski definition) is 0. The number of pyridine rings is 1. The van der Waals surface area contributed by atoms with Crippen LogP contribution in [0.4, 0.5) is 8.78 Å². The average molecular weight is 518 g/mol. The molecule has 2 aliphatic rings. The fourth-order valence-corrected chi connectivity index (χ4v) is 5.00. The third-order valence-corrected chi connectivity index (χ3v) is 6.96. The first kappa shape index (κ1) is 22.4. The van der Waals surface area contributed by atoms with E-state index in [0.717, 1.165) is 36.9 Å². The van der Waals surface area contributed by atoms with Gasteiger partial charge in [-0.1, -0.05) is 28.1 Å². The summed E-state index contributed by atoms with van der Waals surface area (Å²) >= 11 is 3.51. The molecule has 9 heteroatoms. The van der Waals surface area contributed by atoms with Gasteiger partial charge in [-0.15, -0.1) is 0 Å². The Morgan fingerprint density at radius 1 is 1.18 bits per heavy atom. The highest BCUT2D eigenvalue weighted by molar-refractivity contribution is 9.10. The molecule has 1 saturated heterocycles. The molecule has 0 bridgehead atoms. The molecule has 6 nitrogen and oxygen atoms in total. The standard InChI is InChI=1S/C24H26BrF2N5O/c1-15-22-19(23(26)27)12-20(17-5-6-17)28-24(22)32(29-15)14-21(33)31-9-7-30(8-10-31)13-16-3-2-4-18(25)11-16/h2-4,11-12,17,23H,5-10,13-14H2,1H3. The lowest BCUT2D eigenvalue weighted by Gasteiger charge is -2.34. The Hall–Kier alpha value is -2.39. The Balaban J connectivity index is 1.29. The highest BCUT2D eigenvalue weighted by Crippen LogP contribution is 2.41. The normalized spacial score (nSPS) is 17.3. The second kappa shape index (κ2) is 9.10. The van der Waals surface area contributed by atoms with Crippen LogP contribution in [0.1, 0.15) is 47.7 Å². The van der Waals surface area contributed by atoms with Gasteiger partial charge in [0, 0.05) is 54.4 Å². The number of piperazine rings is 1. The van der Waals surface area contributed by atoms with E-state index in [9.17, 15) is 13.6 Å². The number of carbonyl (C=O) groups is 1. The summed E-state index contributed by atoms with van der Waals surface area (Å²) in [7, 11) is 0. The second-order valence-corrected chi connectivity index (χ2v) is 9.86. The highest BCUT2D eigenvalue weighted by Gasteiger charge is 2.30. The Morgan fingerprint density at radius 3 is 2.61 bits per heavy atom. The van der Waals surface area contributed by atoms with E-state index in [0.29, 0.717) is 35.5 Å². The number of fused-ring (bicyclic) bond motifs is 1. The molecule has 1 aliphatic carbocycles. The number of hydrogen-bond acceptors (Lipinski definition) is 4. The fourth-order valence-electron chi connectivity index (χ4n) is 4.55. The summed E-state index contributed by atoms with van der Waals surface area (Å²) in [6.07, 6.45) is -0.659. The van der Waals surface area contributed by atoms with Gasteiger partial charge in [0.05, 0.1) is 11.1 Å². The average Bonchev–Trinajstić information content (AvgIpc) is 3.59. The number of carbonyl (C=O) groups excluding carboxylic acids is 1. The Bertz CT molecular complexity index is 1190. The minimum absolute atomic E-state index is 0.0137. The van der Waals surface area contributed by atoms with Crippen LogP contribution in [-0.4, -0.2) is 56.7 Å². The van der Waals surface area contributed by atoms with E-state index in [1.54, 1.807) is 6.92 Å². The predicted octanol–water partition coefficient (Wildman–Crippen LogP) is 4.66. The van der Waals surface area contributed by atoms with Gasteiger partial charge in [0.25, 0.3) is 6.43 Å². The van der Waals surface area contributed by atoms with Crippen LogP contribution >= 0.6 is 15.9 Å². The van der Waals surface area contributed by atoms with Crippen molar-refractivity contribution in [3.63, 3.8) is 0 Å². The summed E-state index contributed by atoms with van der Waals surface area (Å²) in [5.41, 5.74) is 2.78. The van der Waals surface area contributed by atoms with Crippen LogP contribution in [-0.2, 0) is 17.9 Å². The SMILES string of the molecule is Cc1nn(CC(=O)N2CCN(Cc3cccc(Br)c3)CC2)c2nc(C3CC3)cc(C(F)F)c12. The van der Waals surface area contributed by atoms with Gasteiger partial charge in [0.1, 0.15) is 6.54 Å². The minimum atomic E-state index is -2.60. The molecule has 2 aromatic heterocycles. The fraction of sp³-hybridized carbons (Fsp3) is 0.458. The van der Waals surface area contributed by atoms with E-state index in [2.05, 4.69) is 43.0 Å². The van der Waals surface area contributed by atoms with Gasteiger partial charge in [-0.25, -0.2) is 18.4 Å². The molecule has 0 atom stereocenters. The lowest BCUT2D eigenvalue weighted by molar-refractivity contribution is -0.133. The van der Waals surface area contributed by atoms with Crippen molar-refractivity contribution in [1.29, 1.82) is 0 Å². The van der Waals surface area contributed by atoms with Crippen LogP contribution in [0.15, 0.2) is 34.8 Å². The minimum Gasteiger partial charge on any atom is -0.339 e. The van der Waals surface area contributed by atoms with Crippen LogP contribution in [0, 0.1) is 6.92 Å². The first-order valence-corrected chi connectivity index (χ1v) is 12.1. The smallest absolute Gasteiger partial charge is 0.264 e. The van der Waals surface area contributed by atoms with Crippen LogP contribution in [0.3, 0.4) is 0 Å². The molecule has 0 unspecified atom stereocenters. The van der Waals surface area contributed by atoms with Crippen LogP contribution in [0.5, 0.6) is 0 Å². The molecule has 3 aromatic rings. The molecule has 0 N–H and O–H groups in total. The van der Waals surface area contributed by atoms with Crippen molar-refractivity contribution in [2.45, 2.75) is 45.2 Å². The zero-order valence-electron chi connectivity index (χ0n) is 18.5. The van der Waals surface area contributed by atoms with Gasteiger partial charge < -0.3 is 4.90 Å². The van der Waals surface area contributed by atoms with Crippen LogP contribution < -0.4 is 0 Å². The number of aromatic nitrogens is 3. The van der Waals surface area contributed by atoms with Gasteiger partial charge in [0.2, 0.25) is 5.91 Å². The molecule has 0 spiro atoms. The summed E-state index contributed by atoms with van der Waals surface area (Å²) in [4.78, 5) is 21.9. The maximum absolute atomic E-state index is 13.8. The zero-order chi connectivity index (χ0) is 23.1. The summed E-state index contributed by atoms with van der Waals surface area (Å²) < 4.78 is 30.1. The number of nitrogens with zero attached hydrogens (tertiary/aromatic N) is 5. The van der Waals surface area contributed by atoms with Crippen molar-refractivity contribution >= 4 is 32.9 Å². The number of halogens is 3. The Kier molecular flexibility index (Phi) is 6.18. The maximum Gasteiger partial charge on any atom is 0.264 e. The Morgan fingerprint density at radius 2 is 1.94 bits per heavy atom. The first-order valence-electron chi connectivity index (χ1n) is 11.3. The molecule has 5 rings (SSSR count). The first-order chi connectivity index (χ1) is 15.9. The molecule has 1 saturated carbocycles. The predicted molar refractivity (Wildman–Crippen MR) is 125 cm³/mol. The van der Waals surface area contributed by atoms with Gasteiger partial charge in [-0.2, -0.15) is 5.10 Å². The largest absolute Gasteiger partial charge is 0.339 e. The number of aryl methyl sites for hydroxylation is 1. The molecule has 2 fully saturated rings. The van der Waals surface area contributed by atoms with E-state index >= 15 is 0 Å². The molecule has 1 amide bonds. The van der Waals surface area contributed by atoms with Gasteiger partial charge in [0.15, 0.2) is 5.65 Å². The molecule has 1 aliphatic heterocycles. The molecular weight excluding hydrogens is 492 g/mol. The topological polar surface area (TPSA) is 54.3 Å². The Labute approximate surface area is 199 Å². The van der Waals surface area contributed by atoms with Crippen molar-refractivity contribution in [2.24, 2.45) is 0 Å². The van der Waals surface area contributed by atoms with Crippen molar-refractivity contribution in [2.75, 3.05) is 26.2 Å². The lowest BCUT2D eigenvalue weighted by atomic mass is 10.1. The van der Waals surface area contributed by atoms with E-state index in [1.165, 1.54) is 16.3 Å². The third kappa shape index (κ3) is 4.80. The van der Waals surface area contributed by atoms with Crippen LogP contribution in [0.2, 0.25) is 0 Å². The number of benzene rings is 1. The zero-order valence-corrected chi connectivity index (χ0v) is 20.1. The summed E-state index contributed by atoms with van der Waals surface area (Å²) in [5.74, 6) is 0.184. The summed E-state index contributed by atoms with van der Waals surface area (Å²) in [6.45, 7) is 5.40. The van der Waals surface area contributed by atoms with Crippen molar-refractivity contribution in [3.05, 3.63) is 57.3 Å². The van der Waals surface area contributed by atoms with E-state index in [4.69, 9.17) is 0 Å². The quantitative estimate of drug-likeness (QED) is 0.477. The number of rotatable bonds is 6. The molecule has 0 radical (unpaired) electrons. The summed E-state index contributed by atoms with van der Waals surface area (Å²) in [5, 5.41) is 4.80. The lowest BCUT2D eigenvalue weighted by Crippen LogP contribution is -2.49. The third-order valence-electron chi connectivity index (χ3n) is 6.46. The van der Waals surface area contributed by atoms with Crippen LogP contribution in [0.25, 0.3) is 11.0 Å². The monoisotopic (exact) mass is 517 g/mol. The van der Waals surface area contributed by atoms with Crippen molar-refractivity contribution in [1.82, 2.24) is 24.6 Å². The van der Waals surface area contributed by atoms with E-state index in [1.807, 2.05) is 17.0 Å². The van der Waals surface area contributed by atoms with Gasteiger partial charge in [-0.05, 0) is 43.5 Å². The number of amides is 1. The van der Waals surface area contributed by atoms with E-state index < -0.39 is 6.43 Å². The number of alkyl halides is 2. The molecule has 33 heavy (non-hydrogen) atoms. The van der Waals surface area contributed by atoms with Gasteiger partial charge in [-0.3, -0.25) is 9.69 Å². The second-order valence-electron chi connectivity index (χ2n) is 8.94. The van der Waals surface area contributed by atoms with Gasteiger partial charge >= 0.3 is 0 Å². The highest BCUT2D eigenvalue weighted by atomic mass is 79.9. The van der Waals surface area contributed by atoms with Crippen molar-refractivity contribution < 1.29 is 13.6 Å². The van der Waals surface area contributed by atoms with E-state index in [-0.39, 0.29) is 23.9 Å².